The van der Waals surface area contributed by atoms with Crippen molar-refractivity contribution in [1.82, 2.24) is 0 Å². The molecule has 178 valence electrons. The third-order valence-electron chi connectivity index (χ3n) is 12.1. The highest BCUT2D eigenvalue weighted by molar-refractivity contribution is 5.13. The second kappa shape index (κ2) is 8.81. The standard InChI is InChI=1S/C30H52O/c1-19-9-8-15-29(6)25(19)11-10-24-27-13-12-26(30(27,7)16-14-28(24)29)21(3)17-20(2)23(5)22(4)18-31/h17,19,21-28,31H,8-16,18H2,1-7H3/t19?,21-,22?,23?,24+,25?,26-,27+,28+,29+,30-/m1/s1. The van der Waals surface area contributed by atoms with E-state index in [1.807, 2.05) is 0 Å². The first-order valence-corrected chi connectivity index (χ1v) is 13.9. The Morgan fingerprint density at radius 2 is 1.58 bits per heavy atom. The second-order valence-electron chi connectivity index (χ2n) is 13.4. The molecule has 0 saturated heterocycles. The highest BCUT2D eigenvalue weighted by Crippen LogP contribution is 2.68. The Kier molecular flexibility index (Phi) is 6.78. The smallest absolute Gasteiger partial charge is 0.0462 e. The molecule has 4 aliphatic carbocycles. The first-order valence-electron chi connectivity index (χ1n) is 13.9. The Bertz CT molecular complexity index is 665. The van der Waals surface area contributed by atoms with Crippen LogP contribution in [-0.4, -0.2) is 11.7 Å². The summed E-state index contributed by atoms with van der Waals surface area (Å²) in [4.78, 5) is 0. The zero-order valence-electron chi connectivity index (χ0n) is 21.8. The Morgan fingerprint density at radius 1 is 0.903 bits per heavy atom. The molecule has 0 aromatic heterocycles. The van der Waals surface area contributed by atoms with E-state index in [2.05, 4.69) is 54.5 Å². The minimum absolute atomic E-state index is 0.297. The van der Waals surface area contributed by atoms with Crippen molar-refractivity contribution in [2.24, 2.45) is 64.1 Å². The van der Waals surface area contributed by atoms with Crippen LogP contribution in [0.2, 0.25) is 0 Å². The SMILES string of the molecule is CC(=C[C@@H](C)[C@H]1CC[C@H]2[C@@H]3CCC4C(C)CCC[C@]4(C)[C@H]3CC[C@]12C)C(C)C(C)CO. The van der Waals surface area contributed by atoms with Crippen LogP contribution in [0.3, 0.4) is 0 Å². The lowest BCUT2D eigenvalue weighted by Gasteiger charge is -2.62. The predicted octanol–water partition coefficient (Wildman–Crippen LogP) is 8.13. The van der Waals surface area contributed by atoms with E-state index in [4.69, 9.17) is 0 Å². The summed E-state index contributed by atoms with van der Waals surface area (Å²) in [5.41, 5.74) is 2.68. The molecule has 11 atom stereocenters. The van der Waals surface area contributed by atoms with E-state index in [0.29, 0.717) is 35.2 Å². The Labute approximate surface area is 193 Å². The topological polar surface area (TPSA) is 20.2 Å². The molecule has 31 heavy (non-hydrogen) atoms. The van der Waals surface area contributed by atoms with Crippen LogP contribution in [0.5, 0.6) is 0 Å². The minimum atomic E-state index is 0.297. The van der Waals surface area contributed by atoms with E-state index < -0.39 is 0 Å². The second-order valence-corrected chi connectivity index (χ2v) is 13.4. The van der Waals surface area contributed by atoms with Gasteiger partial charge in [0.15, 0.2) is 0 Å². The van der Waals surface area contributed by atoms with E-state index in [1.165, 1.54) is 63.4 Å². The van der Waals surface area contributed by atoms with Crippen LogP contribution >= 0.6 is 0 Å². The molecule has 4 fully saturated rings. The number of fused-ring (bicyclic) bond motifs is 5. The third-order valence-corrected chi connectivity index (χ3v) is 12.1. The van der Waals surface area contributed by atoms with Crippen LogP contribution in [-0.2, 0) is 0 Å². The maximum atomic E-state index is 9.60. The molecule has 4 saturated carbocycles. The summed E-state index contributed by atoms with van der Waals surface area (Å²) in [6, 6.07) is 0. The summed E-state index contributed by atoms with van der Waals surface area (Å²) < 4.78 is 0. The predicted molar refractivity (Wildman–Crippen MR) is 133 cm³/mol. The number of hydrogen-bond donors (Lipinski definition) is 1. The number of aliphatic hydroxyl groups excluding tert-OH is 1. The molecule has 4 rings (SSSR count). The van der Waals surface area contributed by atoms with E-state index in [1.54, 1.807) is 0 Å². The van der Waals surface area contributed by atoms with Gasteiger partial charge in [0.2, 0.25) is 0 Å². The molecule has 0 aromatic rings. The van der Waals surface area contributed by atoms with Crippen molar-refractivity contribution in [2.75, 3.05) is 6.61 Å². The molecule has 1 heteroatoms. The van der Waals surface area contributed by atoms with Crippen molar-refractivity contribution in [2.45, 2.75) is 106 Å². The molecular formula is C30H52O. The Morgan fingerprint density at radius 3 is 2.29 bits per heavy atom. The molecule has 0 aliphatic heterocycles. The van der Waals surface area contributed by atoms with Crippen LogP contribution in [0.4, 0.5) is 0 Å². The fraction of sp³-hybridized carbons (Fsp3) is 0.933. The van der Waals surface area contributed by atoms with Crippen molar-refractivity contribution >= 4 is 0 Å². The van der Waals surface area contributed by atoms with Gasteiger partial charge in [-0.1, -0.05) is 66.0 Å². The largest absolute Gasteiger partial charge is 0.396 e. The van der Waals surface area contributed by atoms with Crippen LogP contribution in [0.25, 0.3) is 0 Å². The van der Waals surface area contributed by atoms with Crippen molar-refractivity contribution in [3.05, 3.63) is 11.6 Å². The van der Waals surface area contributed by atoms with Gasteiger partial charge < -0.3 is 5.11 Å². The minimum Gasteiger partial charge on any atom is -0.396 e. The van der Waals surface area contributed by atoms with Crippen LogP contribution in [0.1, 0.15) is 106 Å². The zero-order chi connectivity index (χ0) is 22.6. The monoisotopic (exact) mass is 428 g/mol. The van der Waals surface area contributed by atoms with Gasteiger partial charge in [-0.2, -0.15) is 0 Å². The van der Waals surface area contributed by atoms with Gasteiger partial charge in [0, 0.05) is 6.61 Å². The fourth-order valence-corrected chi connectivity index (χ4v) is 9.99. The summed E-state index contributed by atoms with van der Waals surface area (Å²) in [6.45, 7) is 17.6. The van der Waals surface area contributed by atoms with Gasteiger partial charge in [0.1, 0.15) is 0 Å². The summed E-state index contributed by atoms with van der Waals surface area (Å²) in [6.07, 6.45) is 16.0. The van der Waals surface area contributed by atoms with Crippen LogP contribution in [0, 0.1) is 64.1 Å². The number of rotatable bonds is 5. The molecule has 4 unspecified atom stereocenters. The molecular weight excluding hydrogens is 376 g/mol. The fourth-order valence-electron chi connectivity index (χ4n) is 9.99. The lowest BCUT2D eigenvalue weighted by atomic mass is 9.43. The van der Waals surface area contributed by atoms with E-state index in [9.17, 15) is 5.11 Å². The van der Waals surface area contributed by atoms with Gasteiger partial charge in [-0.25, -0.2) is 0 Å². The normalized spacial score (nSPS) is 48.3. The lowest BCUT2D eigenvalue weighted by molar-refractivity contribution is -0.126. The van der Waals surface area contributed by atoms with E-state index in [-0.39, 0.29) is 0 Å². The summed E-state index contributed by atoms with van der Waals surface area (Å²) in [5, 5.41) is 9.60. The molecule has 1 nitrogen and oxygen atoms in total. The lowest BCUT2D eigenvalue weighted by Crippen LogP contribution is -2.54. The van der Waals surface area contributed by atoms with Gasteiger partial charge in [0.25, 0.3) is 0 Å². The van der Waals surface area contributed by atoms with Crippen molar-refractivity contribution < 1.29 is 5.11 Å². The third kappa shape index (κ3) is 3.87. The molecule has 0 bridgehead atoms. The average Bonchev–Trinajstić information content (AvgIpc) is 3.09. The van der Waals surface area contributed by atoms with Gasteiger partial charge in [-0.15, -0.1) is 0 Å². The van der Waals surface area contributed by atoms with E-state index >= 15 is 0 Å². The number of allylic oxidation sites excluding steroid dienone is 2. The summed E-state index contributed by atoms with van der Waals surface area (Å²) >= 11 is 0. The molecule has 1 N–H and O–H groups in total. The first-order chi connectivity index (χ1) is 14.6. The summed E-state index contributed by atoms with van der Waals surface area (Å²) in [5.74, 6) is 7.30. The quantitative estimate of drug-likeness (QED) is 0.438. The molecule has 0 heterocycles. The van der Waals surface area contributed by atoms with Gasteiger partial charge >= 0.3 is 0 Å². The first kappa shape index (κ1) is 23.8. The highest BCUT2D eigenvalue weighted by atomic mass is 16.3. The maximum Gasteiger partial charge on any atom is 0.0462 e. The van der Waals surface area contributed by atoms with Crippen LogP contribution < -0.4 is 0 Å². The number of aliphatic hydroxyl groups is 1. The zero-order valence-corrected chi connectivity index (χ0v) is 21.8. The Balaban J connectivity index is 1.52. The molecule has 0 spiro atoms. The van der Waals surface area contributed by atoms with Crippen molar-refractivity contribution in [1.29, 1.82) is 0 Å². The molecule has 4 aliphatic rings. The van der Waals surface area contributed by atoms with Crippen LogP contribution in [0.15, 0.2) is 11.6 Å². The molecule has 0 amide bonds. The van der Waals surface area contributed by atoms with E-state index in [0.717, 1.165) is 35.5 Å². The van der Waals surface area contributed by atoms with Crippen molar-refractivity contribution in [3.63, 3.8) is 0 Å². The molecule has 0 aromatic carbocycles. The van der Waals surface area contributed by atoms with Gasteiger partial charge in [-0.3, -0.25) is 0 Å². The van der Waals surface area contributed by atoms with Gasteiger partial charge in [-0.05, 0) is 116 Å². The summed E-state index contributed by atoms with van der Waals surface area (Å²) in [7, 11) is 0. The van der Waals surface area contributed by atoms with Crippen molar-refractivity contribution in [3.8, 4) is 0 Å². The van der Waals surface area contributed by atoms with Gasteiger partial charge in [0.05, 0.1) is 0 Å². The number of hydrogen-bond acceptors (Lipinski definition) is 1. The highest BCUT2D eigenvalue weighted by Gasteiger charge is 2.60. The molecule has 0 radical (unpaired) electrons. The average molecular weight is 429 g/mol. The maximum absolute atomic E-state index is 9.60. The Hall–Kier alpha value is -0.300.